The summed E-state index contributed by atoms with van der Waals surface area (Å²) in [5.41, 5.74) is 9.31. The van der Waals surface area contributed by atoms with Gasteiger partial charge in [-0.05, 0) is 107 Å². The lowest BCUT2D eigenvalue weighted by Gasteiger charge is -2.19. The van der Waals surface area contributed by atoms with Crippen molar-refractivity contribution in [3.63, 3.8) is 0 Å². The highest BCUT2D eigenvalue weighted by molar-refractivity contribution is 7.25. The molecule has 12 rings (SSSR count). The second-order valence-electron chi connectivity index (χ2n) is 14.3. The molecule has 0 aliphatic rings. The van der Waals surface area contributed by atoms with Gasteiger partial charge in [0.25, 0.3) is 0 Å². The van der Waals surface area contributed by atoms with Crippen LogP contribution in [0.25, 0.3) is 119 Å². The molecule has 0 radical (unpaired) electrons. The van der Waals surface area contributed by atoms with Gasteiger partial charge in [-0.25, -0.2) is 0 Å². The summed E-state index contributed by atoms with van der Waals surface area (Å²) in [6.07, 6.45) is 0. The minimum Gasteiger partial charge on any atom is -0.455 e. The summed E-state index contributed by atoms with van der Waals surface area (Å²) in [5.74, 6) is 0. The molecule has 1 nitrogen and oxygen atoms in total. The van der Waals surface area contributed by atoms with E-state index in [-0.39, 0.29) is 0 Å². The Morgan fingerprint density at radius 1 is 0.315 bits per heavy atom. The zero-order chi connectivity index (χ0) is 35.3. The fourth-order valence-electron chi connectivity index (χ4n) is 9.05. The van der Waals surface area contributed by atoms with Gasteiger partial charge in [0.05, 0.1) is 0 Å². The molecule has 2 aromatic heterocycles. The summed E-state index contributed by atoms with van der Waals surface area (Å²) in [5, 5.41) is 14.8. The molecule has 0 aliphatic heterocycles. The van der Waals surface area contributed by atoms with Crippen molar-refractivity contribution in [2.75, 3.05) is 0 Å². The van der Waals surface area contributed by atoms with Gasteiger partial charge in [0.2, 0.25) is 0 Å². The smallest absolute Gasteiger partial charge is 0.143 e. The first-order valence-electron chi connectivity index (χ1n) is 18.5. The van der Waals surface area contributed by atoms with Crippen LogP contribution in [0, 0.1) is 0 Å². The van der Waals surface area contributed by atoms with Crippen LogP contribution in [0.15, 0.2) is 186 Å². The molecule has 0 fully saturated rings. The fraction of sp³-hybridized carbons (Fsp3) is 0. The minimum absolute atomic E-state index is 0.912. The second kappa shape index (κ2) is 11.4. The number of thiophene rings is 1. The second-order valence-corrected chi connectivity index (χ2v) is 15.4. The average molecular weight is 703 g/mol. The zero-order valence-electron chi connectivity index (χ0n) is 29.1. The minimum atomic E-state index is 0.912. The quantitative estimate of drug-likeness (QED) is 0.167. The Morgan fingerprint density at radius 3 is 1.67 bits per heavy atom. The van der Waals surface area contributed by atoms with E-state index in [4.69, 9.17) is 4.42 Å². The molecule has 0 unspecified atom stereocenters. The van der Waals surface area contributed by atoms with Crippen LogP contribution in [0.1, 0.15) is 0 Å². The Kier molecular flexibility index (Phi) is 6.28. The summed E-state index contributed by atoms with van der Waals surface area (Å²) in [4.78, 5) is 0. The van der Waals surface area contributed by atoms with Crippen LogP contribution in [-0.2, 0) is 0 Å². The van der Waals surface area contributed by atoms with Gasteiger partial charge in [0, 0.05) is 36.3 Å². The standard InChI is InChI=1S/C52H30OS/c1-2-12-31(13-3-1)50-38-17-6-8-19-40(38)51(41-20-9-7-18-39(41)50)42-26-25-34(35-14-4-5-15-36(35)42)32-23-27-47-45(28-32)43-24-22-33-29-46-37-16-10-11-21-48(37)54-49(46)30-44(33)52(43)53-47/h1-30H. The summed E-state index contributed by atoms with van der Waals surface area (Å²) in [6.45, 7) is 0. The Bertz CT molecular complexity index is 3440. The van der Waals surface area contributed by atoms with Gasteiger partial charge in [-0.2, -0.15) is 0 Å². The molecule has 2 heterocycles. The predicted octanol–water partition coefficient (Wildman–Crippen LogP) is 15.6. The monoisotopic (exact) mass is 702 g/mol. The van der Waals surface area contributed by atoms with E-state index in [1.54, 1.807) is 0 Å². The Morgan fingerprint density at radius 2 is 0.926 bits per heavy atom. The molecular formula is C52H30OS. The molecule has 0 bridgehead atoms. The number of hydrogen-bond acceptors (Lipinski definition) is 2. The Balaban J connectivity index is 1.06. The first-order chi connectivity index (χ1) is 26.8. The van der Waals surface area contributed by atoms with Crippen molar-refractivity contribution in [2.24, 2.45) is 0 Å². The maximum absolute atomic E-state index is 6.67. The summed E-state index contributed by atoms with van der Waals surface area (Å²) < 4.78 is 9.28. The lowest BCUT2D eigenvalue weighted by atomic mass is 9.84. The van der Waals surface area contributed by atoms with E-state index >= 15 is 0 Å². The van der Waals surface area contributed by atoms with Crippen LogP contribution in [0.2, 0.25) is 0 Å². The summed E-state index contributed by atoms with van der Waals surface area (Å²) >= 11 is 1.85. The molecule has 250 valence electrons. The van der Waals surface area contributed by atoms with Crippen LogP contribution in [-0.4, -0.2) is 0 Å². The molecular weight excluding hydrogens is 673 g/mol. The van der Waals surface area contributed by atoms with E-state index in [0.29, 0.717) is 0 Å². The molecule has 0 saturated carbocycles. The molecule has 0 atom stereocenters. The van der Waals surface area contributed by atoms with Crippen molar-refractivity contribution < 1.29 is 4.42 Å². The van der Waals surface area contributed by atoms with Crippen molar-refractivity contribution in [3.8, 4) is 33.4 Å². The summed E-state index contributed by atoms with van der Waals surface area (Å²) in [6, 6.07) is 66.7. The molecule has 0 N–H and O–H groups in total. The number of furan rings is 1. The van der Waals surface area contributed by atoms with Gasteiger partial charge < -0.3 is 4.42 Å². The van der Waals surface area contributed by atoms with Crippen molar-refractivity contribution >= 4 is 96.5 Å². The third kappa shape index (κ3) is 4.26. The summed E-state index contributed by atoms with van der Waals surface area (Å²) in [7, 11) is 0. The molecule has 0 saturated heterocycles. The van der Waals surface area contributed by atoms with Crippen LogP contribution in [0.4, 0.5) is 0 Å². The highest BCUT2D eigenvalue weighted by Crippen LogP contribution is 2.47. The third-order valence-corrected chi connectivity index (χ3v) is 12.6. The molecule has 10 aromatic carbocycles. The van der Waals surface area contributed by atoms with E-state index in [1.165, 1.54) is 91.3 Å². The Hall–Kier alpha value is -6.74. The van der Waals surface area contributed by atoms with Crippen LogP contribution >= 0.6 is 11.3 Å². The van der Waals surface area contributed by atoms with Gasteiger partial charge in [-0.15, -0.1) is 11.3 Å². The van der Waals surface area contributed by atoms with E-state index in [9.17, 15) is 0 Å². The maximum Gasteiger partial charge on any atom is 0.143 e. The first-order valence-corrected chi connectivity index (χ1v) is 19.3. The van der Waals surface area contributed by atoms with Gasteiger partial charge in [-0.1, -0.05) is 146 Å². The van der Waals surface area contributed by atoms with Crippen molar-refractivity contribution in [1.82, 2.24) is 0 Å². The highest BCUT2D eigenvalue weighted by atomic mass is 32.1. The van der Waals surface area contributed by atoms with Crippen LogP contribution < -0.4 is 0 Å². The lowest BCUT2D eigenvalue weighted by Crippen LogP contribution is -1.92. The van der Waals surface area contributed by atoms with Crippen molar-refractivity contribution in [1.29, 1.82) is 0 Å². The predicted molar refractivity (Wildman–Crippen MR) is 233 cm³/mol. The van der Waals surface area contributed by atoms with Crippen LogP contribution in [0.5, 0.6) is 0 Å². The normalized spacial score (nSPS) is 12.1. The number of benzene rings is 10. The largest absolute Gasteiger partial charge is 0.455 e. The van der Waals surface area contributed by atoms with E-state index in [1.807, 2.05) is 11.3 Å². The topological polar surface area (TPSA) is 13.1 Å². The van der Waals surface area contributed by atoms with Crippen molar-refractivity contribution in [3.05, 3.63) is 182 Å². The van der Waals surface area contributed by atoms with E-state index < -0.39 is 0 Å². The maximum atomic E-state index is 6.67. The van der Waals surface area contributed by atoms with E-state index in [0.717, 1.165) is 27.3 Å². The molecule has 54 heavy (non-hydrogen) atoms. The van der Waals surface area contributed by atoms with Gasteiger partial charge in [-0.3, -0.25) is 0 Å². The molecule has 0 spiro atoms. The SMILES string of the molecule is c1ccc(-c2c3ccccc3c(-c3ccc(-c4ccc5oc6c7cc8sc9ccccc9c8cc7ccc6c5c4)c4ccccc34)c3ccccc23)cc1. The molecule has 0 amide bonds. The van der Waals surface area contributed by atoms with Gasteiger partial charge in [0.15, 0.2) is 0 Å². The Labute approximate surface area is 314 Å². The lowest BCUT2D eigenvalue weighted by molar-refractivity contribution is 0.673. The molecule has 2 heteroatoms. The fourth-order valence-corrected chi connectivity index (χ4v) is 10.2. The third-order valence-electron chi connectivity index (χ3n) is 11.4. The van der Waals surface area contributed by atoms with Gasteiger partial charge in [0.1, 0.15) is 11.2 Å². The average Bonchev–Trinajstić information content (AvgIpc) is 3.80. The van der Waals surface area contributed by atoms with Crippen molar-refractivity contribution in [2.45, 2.75) is 0 Å². The van der Waals surface area contributed by atoms with E-state index in [2.05, 4.69) is 182 Å². The number of fused-ring (bicyclic) bond motifs is 11. The zero-order valence-corrected chi connectivity index (χ0v) is 30.0. The first kappa shape index (κ1) is 29.8. The molecule has 0 aliphatic carbocycles. The number of rotatable bonds is 3. The molecule has 12 aromatic rings. The van der Waals surface area contributed by atoms with Crippen LogP contribution in [0.3, 0.4) is 0 Å². The van der Waals surface area contributed by atoms with Gasteiger partial charge >= 0.3 is 0 Å². The highest BCUT2D eigenvalue weighted by Gasteiger charge is 2.20. The number of hydrogen-bond donors (Lipinski definition) is 0.